The molecule has 0 aromatic heterocycles. The Balaban J connectivity index is 2.18. The van der Waals surface area contributed by atoms with Crippen molar-refractivity contribution in [1.82, 2.24) is 0 Å². The van der Waals surface area contributed by atoms with E-state index in [0.717, 1.165) is 10.2 Å². The van der Waals surface area contributed by atoms with E-state index in [1.165, 1.54) is 0 Å². The number of hydrogen-bond acceptors (Lipinski definition) is 2. The van der Waals surface area contributed by atoms with Gasteiger partial charge in [-0.2, -0.15) is 0 Å². The second-order valence-electron chi connectivity index (χ2n) is 3.73. The molecule has 2 rings (SSSR count). The third-order valence-corrected chi connectivity index (χ3v) is 3.13. The van der Waals surface area contributed by atoms with Crippen molar-refractivity contribution in [2.75, 3.05) is 18.1 Å². The lowest BCUT2D eigenvalue weighted by molar-refractivity contribution is -0.117. The van der Waals surface area contributed by atoms with Gasteiger partial charge in [0, 0.05) is 35.7 Å². The molecule has 0 radical (unpaired) electrons. The predicted molar refractivity (Wildman–Crippen MR) is 61.7 cm³/mol. The molecule has 1 aromatic carbocycles. The van der Waals surface area contributed by atoms with Crippen LogP contribution in [0.15, 0.2) is 28.7 Å². The van der Waals surface area contributed by atoms with Crippen molar-refractivity contribution in [2.24, 2.45) is 5.92 Å². The van der Waals surface area contributed by atoms with Crippen LogP contribution in [0.4, 0.5) is 5.69 Å². The van der Waals surface area contributed by atoms with Crippen LogP contribution in [0.25, 0.3) is 0 Å². The van der Waals surface area contributed by atoms with Crippen molar-refractivity contribution in [3.8, 4) is 0 Å². The van der Waals surface area contributed by atoms with Crippen LogP contribution in [0.1, 0.15) is 6.42 Å². The van der Waals surface area contributed by atoms with Gasteiger partial charge in [-0.15, -0.1) is 0 Å². The Morgan fingerprint density at radius 3 is 2.60 bits per heavy atom. The Bertz CT molecular complexity index is 363. The van der Waals surface area contributed by atoms with E-state index in [1.54, 1.807) is 4.90 Å². The van der Waals surface area contributed by atoms with Gasteiger partial charge in [0.1, 0.15) is 0 Å². The number of rotatable bonds is 2. The maximum Gasteiger partial charge on any atom is 0.227 e. The highest BCUT2D eigenvalue weighted by atomic mass is 79.9. The molecule has 1 aromatic rings. The van der Waals surface area contributed by atoms with Gasteiger partial charge >= 0.3 is 0 Å². The molecule has 1 amide bonds. The number of hydrogen-bond donors (Lipinski definition) is 1. The van der Waals surface area contributed by atoms with Crippen LogP contribution < -0.4 is 4.90 Å². The van der Waals surface area contributed by atoms with Crippen LogP contribution in [0, 0.1) is 5.92 Å². The molecule has 15 heavy (non-hydrogen) atoms. The van der Waals surface area contributed by atoms with Crippen LogP contribution in [0.2, 0.25) is 0 Å². The van der Waals surface area contributed by atoms with Crippen LogP contribution in [-0.4, -0.2) is 24.2 Å². The first-order valence-electron chi connectivity index (χ1n) is 4.87. The van der Waals surface area contributed by atoms with E-state index >= 15 is 0 Å². The summed E-state index contributed by atoms with van der Waals surface area (Å²) >= 11 is 3.35. The van der Waals surface area contributed by atoms with Crippen molar-refractivity contribution in [2.45, 2.75) is 6.42 Å². The molecule has 0 spiro atoms. The van der Waals surface area contributed by atoms with E-state index in [-0.39, 0.29) is 18.4 Å². The summed E-state index contributed by atoms with van der Waals surface area (Å²) in [5.41, 5.74) is 0.902. The quantitative estimate of drug-likeness (QED) is 0.890. The zero-order valence-electron chi connectivity index (χ0n) is 8.19. The van der Waals surface area contributed by atoms with E-state index in [9.17, 15) is 4.79 Å². The summed E-state index contributed by atoms with van der Waals surface area (Å²) in [5.74, 6) is 0.178. The van der Waals surface area contributed by atoms with Gasteiger partial charge in [-0.1, -0.05) is 15.9 Å². The number of nitrogens with zero attached hydrogens (tertiary/aromatic N) is 1. The molecule has 3 nitrogen and oxygen atoms in total. The first-order chi connectivity index (χ1) is 7.20. The van der Waals surface area contributed by atoms with Crippen molar-refractivity contribution >= 4 is 27.5 Å². The number of carbonyl (C=O) groups excluding carboxylic acids is 1. The zero-order chi connectivity index (χ0) is 10.8. The lowest BCUT2D eigenvalue weighted by Crippen LogP contribution is -2.24. The molecule has 80 valence electrons. The summed E-state index contributed by atoms with van der Waals surface area (Å²) in [6.45, 7) is 0.704. The third kappa shape index (κ3) is 2.21. The fourth-order valence-electron chi connectivity index (χ4n) is 1.77. The maximum atomic E-state index is 11.6. The van der Waals surface area contributed by atoms with E-state index in [1.807, 2.05) is 24.3 Å². The molecule has 4 heteroatoms. The summed E-state index contributed by atoms with van der Waals surface area (Å²) in [5, 5.41) is 9.01. The first kappa shape index (κ1) is 10.6. The number of carbonyl (C=O) groups is 1. The van der Waals surface area contributed by atoms with Gasteiger partial charge in [-0.05, 0) is 24.3 Å². The fourth-order valence-corrected chi connectivity index (χ4v) is 2.04. The Kier molecular flexibility index (Phi) is 3.07. The van der Waals surface area contributed by atoms with E-state index in [4.69, 9.17) is 5.11 Å². The second-order valence-corrected chi connectivity index (χ2v) is 4.65. The van der Waals surface area contributed by atoms with Gasteiger partial charge in [0.05, 0.1) is 0 Å². The number of aliphatic hydroxyl groups is 1. The van der Waals surface area contributed by atoms with Gasteiger partial charge in [0.25, 0.3) is 0 Å². The molecule has 1 N–H and O–H groups in total. The first-order valence-corrected chi connectivity index (χ1v) is 5.67. The third-order valence-electron chi connectivity index (χ3n) is 2.60. The Morgan fingerprint density at radius 1 is 1.40 bits per heavy atom. The molecule has 0 saturated carbocycles. The highest BCUT2D eigenvalue weighted by Crippen LogP contribution is 2.25. The molecular formula is C11H12BrNO2. The minimum absolute atomic E-state index is 0.0821. The van der Waals surface area contributed by atoms with Gasteiger partial charge in [0.2, 0.25) is 5.91 Å². The fraction of sp³-hybridized carbons (Fsp3) is 0.364. The molecule has 1 aliphatic heterocycles. The van der Waals surface area contributed by atoms with Crippen molar-refractivity contribution in [1.29, 1.82) is 0 Å². The molecule has 1 aliphatic rings. The predicted octanol–water partition coefficient (Wildman–Crippen LogP) is 1.79. The van der Waals surface area contributed by atoms with Crippen LogP contribution in [0.3, 0.4) is 0 Å². The van der Waals surface area contributed by atoms with Crippen LogP contribution >= 0.6 is 15.9 Å². The van der Waals surface area contributed by atoms with E-state index in [2.05, 4.69) is 15.9 Å². The van der Waals surface area contributed by atoms with Crippen LogP contribution in [0.5, 0.6) is 0 Å². The Labute approximate surface area is 96.8 Å². The molecule has 0 unspecified atom stereocenters. The largest absolute Gasteiger partial charge is 0.396 e. The van der Waals surface area contributed by atoms with Crippen molar-refractivity contribution in [3.05, 3.63) is 28.7 Å². The average Bonchev–Trinajstić information content (AvgIpc) is 2.61. The highest BCUT2D eigenvalue weighted by molar-refractivity contribution is 9.10. The van der Waals surface area contributed by atoms with E-state index < -0.39 is 0 Å². The average molecular weight is 270 g/mol. The summed E-state index contributed by atoms with van der Waals surface area (Å²) in [7, 11) is 0. The molecule has 1 atom stereocenters. The van der Waals surface area contributed by atoms with Gasteiger partial charge in [0.15, 0.2) is 0 Å². The van der Waals surface area contributed by atoms with Gasteiger partial charge in [-0.3, -0.25) is 4.79 Å². The smallest absolute Gasteiger partial charge is 0.227 e. The number of benzene rings is 1. The summed E-state index contributed by atoms with van der Waals surface area (Å²) < 4.78 is 0.997. The molecule has 0 bridgehead atoms. The van der Waals surface area contributed by atoms with Crippen molar-refractivity contribution < 1.29 is 9.90 Å². The monoisotopic (exact) mass is 269 g/mol. The lowest BCUT2D eigenvalue weighted by atomic mass is 10.1. The number of anilines is 1. The zero-order valence-corrected chi connectivity index (χ0v) is 9.77. The second kappa shape index (κ2) is 4.33. The van der Waals surface area contributed by atoms with E-state index in [0.29, 0.717) is 13.0 Å². The SMILES string of the molecule is O=C1C[C@H](CO)CN1c1ccc(Br)cc1. The molecular weight excluding hydrogens is 258 g/mol. The Hall–Kier alpha value is -0.870. The topological polar surface area (TPSA) is 40.5 Å². The van der Waals surface area contributed by atoms with Crippen molar-refractivity contribution in [3.63, 3.8) is 0 Å². The van der Waals surface area contributed by atoms with Gasteiger partial charge in [-0.25, -0.2) is 0 Å². The maximum absolute atomic E-state index is 11.6. The Morgan fingerprint density at radius 2 is 2.07 bits per heavy atom. The van der Waals surface area contributed by atoms with Gasteiger partial charge < -0.3 is 10.0 Å². The summed E-state index contributed by atoms with van der Waals surface area (Å²) in [6.07, 6.45) is 0.451. The minimum Gasteiger partial charge on any atom is -0.396 e. The lowest BCUT2D eigenvalue weighted by Gasteiger charge is -2.16. The standard InChI is InChI=1S/C11H12BrNO2/c12-9-1-3-10(4-2-9)13-6-8(7-14)5-11(13)15/h1-4,8,14H,5-7H2/t8-/m0/s1. The molecule has 1 heterocycles. The summed E-state index contributed by atoms with van der Waals surface area (Å²) in [4.78, 5) is 13.4. The molecule has 1 saturated heterocycles. The minimum atomic E-state index is 0.0821. The van der Waals surface area contributed by atoms with Crippen LogP contribution in [-0.2, 0) is 4.79 Å². The number of halogens is 1. The number of aliphatic hydroxyl groups excluding tert-OH is 1. The molecule has 1 fully saturated rings. The number of amides is 1. The normalized spacial score (nSPS) is 21.1. The molecule has 0 aliphatic carbocycles. The highest BCUT2D eigenvalue weighted by Gasteiger charge is 2.29. The summed E-state index contributed by atoms with van der Waals surface area (Å²) in [6, 6.07) is 7.63.